The van der Waals surface area contributed by atoms with E-state index in [2.05, 4.69) is 10.1 Å². The van der Waals surface area contributed by atoms with Gasteiger partial charge < -0.3 is 9.42 Å². The van der Waals surface area contributed by atoms with Gasteiger partial charge in [0.15, 0.2) is 15.7 Å². The predicted octanol–water partition coefficient (Wildman–Crippen LogP) is 2.01. The van der Waals surface area contributed by atoms with Crippen molar-refractivity contribution in [2.75, 3.05) is 18.8 Å². The third-order valence-corrected chi connectivity index (χ3v) is 9.39. The molecule has 3 heterocycles. The average molecular weight is 379 g/mol. The zero-order chi connectivity index (χ0) is 17.9. The summed E-state index contributed by atoms with van der Waals surface area (Å²) in [5.41, 5.74) is 0. The molecule has 8 heteroatoms. The highest BCUT2D eigenvalue weighted by molar-refractivity contribution is 7.93. The summed E-state index contributed by atoms with van der Waals surface area (Å²) in [6.45, 7) is 0.569. The van der Waals surface area contributed by atoms with E-state index < -0.39 is 14.6 Å². The van der Waals surface area contributed by atoms with Gasteiger partial charge in [-0.3, -0.25) is 4.79 Å². The number of aromatic nitrogens is 2. The van der Waals surface area contributed by atoms with Crippen LogP contribution >= 0.6 is 0 Å². The van der Waals surface area contributed by atoms with Crippen LogP contribution in [0.1, 0.15) is 74.9 Å². The van der Waals surface area contributed by atoms with E-state index in [1.165, 1.54) is 12.8 Å². The Hall–Kier alpha value is -1.44. The van der Waals surface area contributed by atoms with Crippen molar-refractivity contribution in [3.63, 3.8) is 0 Å². The quantitative estimate of drug-likeness (QED) is 0.794. The molecule has 1 spiro atoms. The molecule has 7 nitrogen and oxygen atoms in total. The van der Waals surface area contributed by atoms with E-state index in [0.29, 0.717) is 30.6 Å². The van der Waals surface area contributed by atoms with Gasteiger partial charge in [0.2, 0.25) is 11.8 Å². The number of rotatable bonds is 4. The largest absolute Gasteiger partial charge is 0.339 e. The SMILES string of the molecule is O=C(CC1CC1)N1CC2(C1)C(c1nc(C3CCCC3)no1)CCS2(=O)=O. The minimum atomic E-state index is -3.26. The van der Waals surface area contributed by atoms with Crippen molar-refractivity contribution >= 4 is 15.7 Å². The van der Waals surface area contributed by atoms with Crippen molar-refractivity contribution in [1.82, 2.24) is 15.0 Å². The fraction of sp³-hybridized carbons (Fsp3) is 0.833. The zero-order valence-corrected chi connectivity index (χ0v) is 15.7. The first kappa shape index (κ1) is 16.7. The van der Waals surface area contributed by atoms with E-state index in [4.69, 9.17) is 4.52 Å². The van der Waals surface area contributed by atoms with Crippen LogP contribution in [0.4, 0.5) is 0 Å². The Balaban J connectivity index is 1.36. The Labute approximate surface area is 153 Å². The van der Waals surface area contributed by atoms with Crippen LogP contribution in [0.5, 0.6) is 0 Å². The smallest absolute Gasteiger partial charge is 0.231 e. The van der Waals surface area contributed by atoms with E-state index in [0.717, 1.165) is 31.5 Å². The van der Waals surface area contributed by atoms with E-state index >= 15 is 0 Å². The maximum Gasteiger partial charge on any atom is 0.231 e. The fourth-order valence-corrected chi connectivity index (χ4v) is 7.24. The molecule has 142 valence electrons. The number of carbonyl (C=O) groups is 1. The Bertz CT molecular complexity index is 817. The van der Waals surface area contributed by atoms with Gasteiger partial charge in [0.25, 0.3) is 0 Å². The second-order valence-electron chi connectivity index (χ2n) is 8.59. The molecule has 1 amide bonds. The molecule has 1 aromatic heterocycles. The van der Waals surface area contributed by atoms with Gasteiger partial charge in [0, 0.05) is 25.4 Å². The molecule has 0 bridgehead atoms. The average Bonchev–Trinajstić information content (AvgIpc) is 3.01. The van der Waals surface area contributed by atoms with Gasteiger partial charge in [0.1, 0.15) is 4.75 Å². The molecular weight excluding hydrogens is 354 g/mol. The standard InChI is InChI=1S/C18H25N3O4S/c22-15(9-12-5-6-12)21-10-18(11-21)14(7-8-26(18,23)24)17-19-16(20-25-17)13-3-1-2-4-13/h12-14H,1-11H2. The summed E-state index contributed by atoms with van der Waals surface area (Å²) in [6.07, 6.45) is 7.86. The van der Waals surface area contributed by atoms with E-state index in [1.54, 1.807) is 4.90 Å². The summed E-state index contributed by atoms with van der Waals surface area (Å²) >= 11 is 0. The fourth-order valence-electron chi connectivity index (χ4n) is 4.93. The second kappa shape index (κ2) is 5.78. The monoisotopic (exact) mass is 379 g/mol. The molecule has 2 aliphatic carbocycles. The molecule has 26 heavy (non-hydrogen) atoms. The third kappa shape index (κ3) is 2.52. The topological polar surface area (TPSA) is 93.4 Å². The predicted molar refractivity (Wildman–Crippen MR) is 93.3 cm³/mol. The molecule has 0 N–H and O–H groups in total. The minimum absolute atomic E-state index is 0.0937. The van der Waals surface area contributed by atoms with Crippen molar-refractivity contribution in [1.29, 1.82) is 0 Å². The van der Waals surface area contributed by atoms with Crippen molar-refractivity contribution in [2.24, 2.45) is 5.92 Å². The minimum Gasteiger partial charge on any atom is -0.339 e. The van der Waals surface area contributed by atoms with Gasteiger partial charge in [-0.2, -0.15) is 4.98 Å². The van der Waals surface area contributed by atoms with Crippen LogP contribution in [-0.4, -0.2) is 53.0 Å². The highest BCUT2D eigenvalue weighted by atomic mass is 32.2. The van der Waals surface area contributed by atoms with Crippen molar-refractivity contribution in [2.45, 2.75) is 67.9 Å². The first-order chi connectivity index (χ1) is 12.5. The Morgan fingerprint density at radius 1 is 1.15 bits per heavy atom. The summed E-state index contributed by atoms with van der Waals surface area (Å²) < 4.78 is 30.2. The molecule has 2 saturated carbocycles. The van der Waals surface area contributed by atoms with Crippen molar-refractivity contribution in [3.05, 3.63) is 11.7 Å². The maximum absolute atomic E-state index is 12.8. The van der Waals surface area contributed by atoms with Gasteiger partial charge in [-0.1, -0.05) is 18.0 Å². The van der Waals surface area contributed by atoms with Crippen LogP contribution in [0, 0.1) is 5.92 Å². The molecule has 4 aliphatic rings. The lowest BCUT2D eigenvalue weighted by Crippen LogP contribution is -2.67. The highest BCUT2D eigenvalue weighted by Crippen LogP contribution is 2.50. The van der Waals surface area contributed by atoms with Gasteiger partial charge >= 0.3 is 0 Å². The van der Waals surface area contributed by atoms with Crippen LogP contribution in [0.3, 0.4) is 0 Å². The van der Waals surface area contributed by atoms with Crippen LogP contribution in [-0.2, 0) is 14.6 Å². The molecule has 2 saturated heterocycles. The normalized spacial score (nSPS) is 30.0. The van der Waals surface area contributed by atoms with Gasteiger partial charge in [-0.15, -0.1) is 0 Å². The molecule has 1 unspecified atom stereocenters. The number of likely N-dealkylation sites (tertiary alicyclic amines) is 1. The molecule has 5 rings (SSSR count). The molecule has 1 aromatic rings. The number of hydrogen-bond acceptors (Lipinski definition) is 6. The first-order valence-electron chi connectivity index (χ1n) is 9.82. The van der Waals surface area contributed by atoms with Crippen LogP contribution in [0.25, 0.3) is 0 Å². The summed E-state index contributed by atoms with van der Waals surface area (Å²) in [7, 11) is -3.26. The third-order valence-electron chi connectivity index (χ3n) is 6.84. The molecule has 1 atom stereocenters. The summed E-state index contributed by atoms with van der Waals surface area (Å²) in [5, 5.41) is 4.15. The van der Waals surface area contributed by atoms with Crippen LogP contribution in [0.2, 0.25) is 0 Å². The summed E-state index contributed by atoms with van der Waals surface area (Å²) in [6, 6.07) is 0. The second-order valence-corrected chi connectivity index (χ2v) is 11.0. The lowest BCUT2D eigenvalue weighted by atomic mass is 9.82. The first-order valence-corrected chi connectivity index (χ1v) is 11.5. The number of sulfone groups is 1. The van der Waals surface area contributed by atoms with E-state index in [-0.39, 0.29) is 30.7 Å². The summed E-state index contributed by atoms with van der Waals surface area (Å²) in [5.74, 6) is 2.01. The van der Waals surface area contributed by atoms with Crippen LogP contribution in [0.15, 0.2) is 4.52 Å². The van der Waals surface area contributed by atoms with Crippen molar-refractivity contribution in [3.8, 4) is 0 Å². The molecule has 0 radical (unpaired) electrons. The number of carbonyl (C=O) groups excluding carboxylic acids is 1. The van der Waals surface area contributed by atoms with Gasteiger partial charge in [-0.25, -0.2) is 8.42 Å². The number of amides is 1. The molecule has 0 aromatic carbocycles. The number of hydrogen-bond donors (Lipinski definition) is 0. The Morgan fingerprint density at radius 2 is 1.88 bits per heavy atom. The number of nitrogens with zero attached hydrogens (tertiary/aromatic N) is 3. The lowest BCUT2D eigenvalue weighted by molar-refractivity contribution is -0.137. The highest BCUT2D eigenvalue weighted by Gasteiger charge is 2.64. The summed E-state index contributed by atoms with van der Waals surface area (Å²) in [4.78, 5) is 18.6. The van der Waals surface area contributed by atoms with E-state index in [1.807, 2.05) is 0 Å². The Kier molecular flexibility index (Phi) is 3.71. The maximum atomic E-state index is 12.8. The molecule has 4 fully saturated rings. The van der Waals surface area contributed by atoms with E-state index in [9.17, 15) is 13.2 Å². The Morgan fingerprint density at radius 3 is 2.58 bits per heavy atom. The zero-order valence-electron chi connectivity index (χ0n) is 14.9. The lowest BCUT2D eigenvalue weighted by Gasteiger charge is -2.49. The van der Waals surface area contributed by atoms with Gasteiger partial charge in [0.05, 0.1) is 11.7 Å². The molecule has 2 aliphatic heterocycles. The van der Waals surface area contributed by atoms with Crippen molar-refractivity contribution < 1.29 is 17.7 Å². The van der Waals surface area contributed by atoms with Crippen LogP contribution < -0.4 is 0 Å². The van der Waals surface area contributed by atoms with Gasteiger partial charge in [-0.05, 0) is 38.0 Å². The molecular formula is C18H25N3O4S.